The second-order valence-corrected chi connectivity index (χ2v) is 4.45. The predicted molar refractivity (Wildman–Crippen MR) is 68.7 cm³/mol. The van der Waals surface area contributed by atoms with Gasteiger partial charge in [0.1, 0.15) is 5.75 Å². The summed E-state index contributed by atoms with van der Waals surface area (Å²) in [5.41, 5.74) is 0. The van der Waals surface area contributed by atoms with Gasteiger partial charge in [-0.25, -0.2) is 4.79 Å². The number of piperidine rings is 1. The number of rotatable bonds is 4. The lowest BCUT2D eigenvalue weighted by atomic mass is 10.0. The van der Waals surface area contributed by atoms with Crippen molar-refractivity contribution >= 4 is 6.16 Å². The number of para-hydroxylation sites is 1. The summed E-state index contributed by atoms with van der Waals surface area (Å²) in [4.78, 5) is 11.4. The van der Waals surface area contributed by atoms with Crippen LogP contribution >= 0.6 is 0 Å². The van der Waals surface area contributed by atoms with Crippen LogP contribution < -0.4 is 10.1 Å². The maximum atomic E-state index is 11.4. The van der Waals surface area contributed by atoms with Crippen molar-refractivity contribution in [2.75, 3.05) is 13.2 Å². The smallest absolute Gasteiger partial charge is 0.434 e. The van der Waals surface area contributed by atoms with Gasteiger partial charge in [-0.1, -0.05) is 24.6 Å². The van der Waals surface area contributed by atoms with E-state index < -0.39 is 6.16 Å². The molecule has 2 rings (SSSR count). The minimum absolute atomic E-state index is 0.406. The lowest BCUT2D eigenvalue weighted by Gasteiger charge is -2.22. The molecule has 1 fully saturated rings. The molecule has 0 spiro atoms. The number of nitrogens with one attached hydrogen (secondary N) is 1. The monoisotopic (exact) mass is 249 g/mol. The summed E-state index contributed by atoms with van der Waals surface area (Å²) in [5, 5.41) is 3.41. The maximum Gasteiger partial charge on any atom is 0.513 e. The Labute approximate surface area is 107 Å². The molecule has 98 valence electrons. The van der Waals surface area contributed by atoms with Crippen molar-refractivity contribution in [1.29, 1.82) is 0 Å². The van der Waals surface area contributed by atoms with E-state index in [2.05, 4.69) is 5.32 Å². The van der Waals surface area contributed by atoms with Crippen LogP contribution in [0.5, 0.6) is 5.75 Å². The Balaban J connectivity index is 1.62. The summed E-state index contributed by atoms with van der Waals surface area (Å²) in [6.07, 6.45) is 3.89. The second-order valence-electron chi connectivity index (χ2n) is 4.45. The predicted octanol–water partition coefficient (Wildman–Crippen LogP) is 2.73. The number of carbonyl (C=O) groups is 1. The average Bonchev–Trinajstić information content (AvgIpc) is 2.41. The summed E-state index contributed by atoms with van der Waals surface area (Å²) < 4.78 is 10.1. The highest BCUT2D eigenvalue weighted by atomic mass is 16.7. The van der Waals surface area contributed by atoms with Crippen LogP contribution in [0.15, 0.2) is 30.3 Å². The summed E-state index contributed by atoms with van der Waals surface area (Å²) in [7, 11) is 0. The molecule has 1 unspecified atom stereocenters. The van der Waals surface area contributed by atoms with Crippen LogP contribution in [0, 0.1) is 0 Å². The molecule has 0 saturated carbocycles. The molecule has 1 heterocycles. The zero-order chi connectivity index (χ0) is 12.6. The molecular weight excluding hydrogens is 230 g/mol. The van der Waals surface area contributed by atoms with Crippen molar-refractivity contribution in [2.45, 2.75) is 31.7 Å². The van der Waals surface area contributed by atoms with Crippen LogP contribution in [0.2, 0.25) is 0 Å². The van der Waals surface area contributed by atoms with Crippen molar-refractivity contribution in [1.82, 2.24) is 5.32 Å². The van der Waals surface area contributed by atoms with Gasteiger partial charge in [0, 0.05) is 6.04 Å². The normalized spacial score (nSPS) is 19.2. The van der Waals surface area contributed by atoms with E-state index in [-0.39, 0.29) is 0 Å². The lowest BCUT2D eigenvalue weighted by Crippen LogP contribution is -2.35. The van der Waals surface area contributed by atoms with E-state index in [4.69, 9.17) is 9.47 Å². The fourth-order valence-corrected chi connectivity index (χ4v) is 2.07. The molecule has 1 saturated heterocycles. The molecule has 4 heteroatoms. The average molecular weight is 249 g/mol. The molecule has 1 aliphatic rings. The number of benzene rings is 1. The molecule has 1 aromatic rings. The Hall–Kier alpha value is -1.55. The van der Waals surface area contributed by atoms with E-state index in [1.165, 1.54) is 12.8 Å². The van der Waals surface area contributed by atoms with Gasteiger partial charge < -0.3 is 14.8 Å². The molecule has 1 N–H and O–H groups in total. The highest BCUT2D eigenvalue weighted by molar-refractivity contribution is 5.63. The molecule has 0 aromatic heterocycles. The van der Waals surface area contributed by atoms with Crippen molar-refractivity contribution in [3.63, 3.8) is 0 Å². The Morgan fingerprint density at radius 1 is 1.28 bits per heavy atom. The van der Waals surface area contributed by atoms with Gasteiger partial charge in [0.2, 0.25) is 0 Å². The fraction of sp³-hybridized carbons (Fsp3) is 0.500. The van der Waals surface area contributed by atoms with Crippen molar-refractivity contribution < 1.29 is 14.3 Å². The van der Waals surface area contributed by atoms with Gasteiger partial charge in [0.15, 0.2) is 0 Å². The van der Waals surface area contributed by atoms with Crippen LogP contribution in [0.1, 0.15) is 25.7 Å². The lowest BCUT2D eigenvalue weighted by molar-refractivity contribution is 0.0940. The van der Waals surface area contributed by atoms with Gasteiger partial charge in [0.05, 0.1) is 6.61 Å². The highest BCUT2D eigenvalue weighted by Gasteiger charge is 2.13. The van der Waals surface area contributed by atoms with Crippen molar-refractivity contribution in [2.24, 2.45) is 0 Å². The first-order chi connectivity index (χ1) is 8.84. The van der Waals surface area contributed by atoms with E-state index >= 15 is 0 Å². The van der Waals surface area contributed by atoms with Gasteiger partial charge in [-0.3, -0.25) is 0 Å². The number of hydrogen-bond acceptors (Lipinski definition) is 4. The molecule has 0 aliphatic carbocycles. The van der Waals surface area contributed by atoms with Crippen LogP contribution in [0.4, 0.5) is 4.79 Å². The van der Waals surface area contributed by atoms with Crippen LogP contribution in [0.25, 0.3) is 0 Å². The molecule has 1 atom stereocenters. The van der Waals surface area contributed by atoms with Gasteiger partial charge in [-0.2, -0.15) is 0 Å². The first kappa shape index (κ1) is 12.9. The fourth-order valence-electron chi connectivity index (χ4n) is 2.07. The summed E-state index contributed by atoms with van der Waals surface area (Å²) >= 11 is 0. The van der Waals surface area contributed by atoms with E-state index in [0.717, 1.165) is 19.4 Å². The highest BCUT2D eigenvalue weighted by Crippen LogP contribution is 2.11. The van der Waals surface area contributed by atoms with E-state index in [0.29, 0.717) is 18.4 Å². The third-order valence-electron chi connectivity index (χ3n) is 3.04. The maximum absolute atomic E-state index is 11.4. The van der Waals surface area contributed by atoms with Crippen molar-refractivity contribution in [3.8, 4) is 5.75 Å². The van der Waals surface area contributed by atoms with Crippen molar-refractivity contribution in [3.05, 3.63) is 30.3 Å². The van der Waals surface area contributed by atoms with Gasteiger partial charge in [-0.05, 0) is 37.9 Å². The van der Waals surface area contributed by atoms with Gasteiger partial charge >= 0.3 is 6.16 Å². The minimum atomic E-state index is -0.628. The van der Waals surface area contributed by atoms with E-state index in [9.17, 15) is 4.79 Å². The molecule has 0 amide bonds. The summed E-state index contributed by atoms with van der Waals surface area (Å²) in [6.45, 7) is 1.47. The van der Waals surface area contributed by atoms with Gasteiger partial charge in [-0.15, -0.1) is 0 Å². The molecule has 0 bridgehead atoms. The SMILES string of the molecule is O=C(OCCC1CCCCN1)Oc1ccccc1. The number of ether oxygens (including phenoxy) is 2. The number of hydrogen-bond donors (Lipinski definition) is 1. The van der Waals surface area contributed by atoms with Crippen LogP contribution in [-0.2, 0) is 4.74 Å². The Kier molecular flexibility index (Phi) is 5.02. The zero-order valence-electron chi connectivity index (χ0n) is 10.4. The van der Waals surface area contributed by atoms with E-state index in [1.54, 1.807) is 12.1 Å². The Morgan fingerprint density at radius 2 is 2.11 bits per heavy atom. The largest absolute Gasteiger partial charge is 0.513 e. The zero-order valence-corrected chi connectivity index (χ0v) is 10.4. The van der Waals surface area contributed by atoms with Crippen LogP contribution in [0.3, 0.4) is 0 Å². The van der Waals surface area contributed by atoms with Gasteiger partial charge in [0.25, 0.3) is 0 Å². The molecule has 1 aliphatic heterocycles. The summed E-state index contributed by atoms with van der Waals surface area (Å²) in [5.74, 6) is 0.512. The third-order valence-corrected chi connectivity index (χ3v) is 3.04. The number of carbonyl (C=O) groups excluding carboxylic acids is 1. The second kappa shape index (κ2) is 7.01. The molecule has 18 heavy (non-hydrogen) atoms. The Bertz CT molecular complexity index is 361. The standard InChI is InChI=1S/C14H19NO3/c16-14(18-13-7-2-1-3-8-13)17-11-9-12-6-4-5-10-15-12/h1-3,7-8,12,15H,4-6,9-11H2. The molecule has 0 radical (unpaired) electrons. The molecule has 4 nitrogen and oxygen atoms in total. The summed E-state index contributed by atoms with van der Waals surface area (Å²) in [6, 6.07) is 9.42. The molecular formula is C14H19NO3. The Morgan fingerprint density at radius 3 is 2.83 bits per heavy atom. The first-order valence-corrected chi connectivity index (χ1v) is 6.47. The first-order valence-electron chi connectivity index (χ1n) is 6.47. The van der Waals surface area contributed by atoms with E-state index in [1.807, 2.05) is 18.2 Å². The quantitative estimate of drug-likeness (QED) is 0.658. The van der Waals surface area contributed by atoms with Crippen LogP contribution in [-0.4, -0.2) is 25.3 Å². The molecule has 1 aromatic carbocycles. The topological polar surface area (TPSA) is 47.6 Å². The third kappa shape index (κ3) is 4.37. The minimum Gasteiger partial charge on any atom is -0.434 e.